The molecule has 0 atom stereocenters. The highest BCUT2D eigenvalue weighted by Gasteiger charge is 2.16. The lowest BCUT2D eigenvalue weighted by Gasteiger charge is -2.10. The van der Waals surface area contributed by atoms with Crippen molar-refractivity contribution in [3.63, 3.8) is 0 Å². The average molecular weight is 634 g/mol. The second-order valence-electron chi connectivity index (χ2n) is 10.9. The van der Waals surface area contributed by atoms with Crippen LogP contribution in [0.4, 0.5) is 5.69 Å². The van der Waals surface area contributed by atoms with Crippen LogP contribution in [0.5, 0.6) is 5.75 Å². The number of ether oxygens (including phenoxy) is 1. The normalized spacial score (nSPS) is 11.3. The first-order valence-electron chi connectivity index (χ1n) is 14.7. The Kier molecular flexibility index (Phi) is 8.76. The Balaban J connectivity index is 1.07. The van der Waals surface area contributed by atoms with Gasteiger partial charge < -0.3 is 23.6 Å². The van der Waals surface area contributed by atoms with Crippen molar-refractivity contribution < 1.29 is 18.7 Å². The summed E-state index contributed by atoms with van der Waals surface area (Å²) in [5, 5.41) is 8.59. The summed E-state index contributed by atoms with van der Waals surface area (Å²) in [6, 6.07) is 30.0. The maximum atomic E-state index is 12.9. The molecule has 0 unspecified atom stereocenters. The molecule has 232 valence electrons. The summed E-state index contributed by atoms with van der Waals surface area (Å²) < 4.78 is 15.7. The zero-order valence-electron chi connectivity index (χ0n) is 25.6. The van der Waals surface area contributed by atoms with Crippen molar-refractivity contribution in [2.45, 2.75) is 33.9 Å². The molecule has 6 rings (SSSR count). The number of anilines is 1. The Bertz CT molecular complexity index is 2030. The number of nitrogens with zero attached hydrogens (tertiary/aromatic N) is 3. The highest BCUT2D eigenvalue weighted by atomic mass is 35.5. The lowest BCUT2D eigenvalue weighted by atomic mass is 10.1. The Hall–Kier alpha value is -5.54. The largest absolute Gasteiger partial charge is 0.486 e. The Labute approximate surface area is 271 Å². The van der Waals surface area contributed by atoms with Crippen LogP contribution in [0.1, 0.15) is 39.0 Å². The molecule has 9 nitrogen and oxygen atoms in total. The molecular formula is C36H32ClN5O4. The summed E-state index contributed by atoms with van der Waals surface area (Å²) in [6.45, 7) is 6.32. The smallest absolute Gasteiger partial charge is 0.307 e. The monoisotopic (exact) mass is 633 g/mol. The van der Waals surface area contributed by atoms with Crippen molar-refractivity contribution in [3.05, 3.63) is 136 Å². The van der Waals surface area contributed by atoms with Crippen LogP contribution in [0, 0.1) is 20.8 Å². The van der Waals surface area contributed by atoms with E-state index < -0.39 is 5.91 Å². The number of carbonyl (C=O) groups excluding carboxylic acids is 2. The van der Waals surface area contributed by atoms with Gasteiger partial charge in [0, 0.05) is 49.9 Å². The first-order chi connectivity index (χ1) is 22.3. The van der Waals surface area contributed by atoms with Crippen LogP contribution in [0.25, 0.3) is 16.6 Å². The molecule has 3 aromatic carbocycles. The first-order valence-corrected chi connectivity index (χ1v) is 15.1. The van der Waals surface area contributed by atoms with E-state index in [0.29, 0.717) is 22.2 Å². The molecule has 0 saturated heterocycles. The molecule has 0 spiro atoms. The highest BCUT2D eigenvalue weighted by molar-refractivity contribution is 6.30. The molecule has 0 bridgehead atoms. The van der Waals surface area contributed by atoms with Gasteiger partial charge in [0.25, 0.3) is 0 Å². The van der Waals surface area contributed by atoms with Crippen LogP contribution < -0.4 is 15.5 Å². The van der Waals surface area contributed by atoms with Crippen molar-refractivity contribution in [1.82, 2.24) is 14.6 Å². The number of fused-ring (bicyclic) bond motifs is 1. The van der Waals surface area contributed by atoms with Crippen molar-refractivity contribution in [3.8, 4) is 11.4 Å². The number of hydrogen-bond acceptors (Lipinski definition) is 5. The third kappa shape index (κ3) is 6.60. The third-order valence-electron chi connectivity index (χ3n) is 7.70. The molecule has 0 fully saturated rings. The topological polar surface area (TPSA) is 103 Å². The first kappa shape index (κ1) is 30.5. The van der Waals surface area contributed by atoms with Crippen molar-refractivity contribution >= 4 is 46.2 Å². The number of hydrazone groups is 1. The van der Waals surface area contributed by atoms with E-state index in [2.05, 4.69) is 46.4 Å². The van der Waals surface area contributed by atoms with Gasteiger partial charge in [0.2, 0.25) is 5.91 Å². The average Bonchev–Trinajstić information content (AvgIpc) is 3.74. The minimum atomic E-state index is -0.493. The van der Waals surface area contributed by atoms with E-state index >= 15 is 0 Å². The van der Waals surface area contributed by atoms with E-state index in [0.717, 1.165) is 39.2 Å². The lowest BCUT2D eigenvalue weighted by Crippen LogP contribution is -2.19. The van der Waals surface area contributed by atoms with Gasteiger partial charge in [-0.25, -0.2) is 5.43 Å². The molecule has 3 aromatic heterocycles. The van der Waals surface area contributed by atoms with Crippen molar-refractivity contribution in [2.75, 3.05) is 5.32 Å². The number of hydrogen-bond donors (Lipinski definition) is 2. The number of aryl methyl sites for hydroxylation is 2. The van der Waals surface area contributed by atoms with Crippen LogP contribution >= 0.6 is 11.6 Å². The zero-order chi connectivity index (χ0) is 32.2. The molecule has 0 saturated carbocycles. The van der Waals surface area contributed by atoms with E-state index in [1.165, 1.54) is 0 Å². The van der Waals surface area contributed by atoms with E-state index in [4.69, 9.17) is 20.8 Å². The summed E-state index contributed by atoms with van der Waals surface area (Å²) >= 11 is 5.95. The predicted molar refractivity (Wildman–Crippen MR) is 180 cm³/mol. The number of amides is 2. The fraction of sp³-hybridized carbons (Fsp3) is 0.139. The number of rotatable bonds is 10. The zero-order valence-corrected chi connectivity index (χ0v) is 26.3. The van der Waals surface area contributed by atoms with Gasteiger partial charge in [0.05, 0.1) is 6.21 Å². The van der Waals surface area contributed by atoms with E-state index in [-0.39, 0.29) is 24.8 Å². The fourth-order valence-corrected chi connectivity index (χ4v) is 5.54. The van der Waals surface area contributed by atoms with E-state index in [1.54, 1.807) is 42.6 Å². The van der Waals surface area contributed by atoms with Crippen molar-refractivity contribution in [1.29, 1.82) is 0 Å². The Morgan fingerprint density at radius 1 is 0.891 bits per heavy atom. The number of halogens is 1. The van der Waals surface area contributed by atoms with Gasteiger partial charge in [-0.2, -0.15) is 5.10 Å². The van der Waals surface area contributed by atoms with Crippen LogP contribution in [0.15, 0.2) is 107 Å². The maximum absolute atomic E-state index is 12.9. The predicted octanol–water partition coefficient (Wildman–Crippen LogP) is 7.59. The molecule has 6 aromatic rings. The summed E-state index contributed by atoms with van der Waals surface area (Å²) in [4.78, 5) is 25.7. The van der Waals surface area contributed by atoms with Gasteiger partial charge in [-0.05, 0) is 99.6 Å². The summed E-state index contributed by atoms with van der Waals surface area (Å²) in [6.07, 6.45) is 1.58. The molecule has 2 N–H and O–H groups in total. The molecule has 3 heterocycles. The van der Waals surface area contributed by atoms with Crippen LogP contribution in [0.2, 0.25) is 5.02 Å². The van der Waals surface area contributed by atoms with E-state index in [9.17, 15) is 9.59 Å². The van der Waals surface area contributed by atoms with Gasteiger partial charge in [0.1, 0.15) is 24.7 Å². The summed E-state index contributed by atoms with van der Waals surface area (Å²) in [5.41, 5.74) is 9.07. The minimum Gasteiger partial charge on any atom is -0.486 e. The quantitative estimate of drug-likeness (QED) is 0.120. The number of nitrogens with one attached hydrogen (secondary N) is 2. The molecule has 0 aliphatic carbocycles. The van der Waals surface area contributed by atoms with Gasteiger partial charge in [-0.15, -0.1) is 0 Å². The number of benzene rings is 3. The molecule has 0 aliphatic heterocycles. The standard InChI is InChI=1S/C36H32ClN5O4/c1-23-8-9-24(2)42(23)28-14-16-29(17-15-28)45-22-30-18-19-34(46-30)36(44)40-38-20-32-25(3)41(33-7-5-4-6-31(32)33)21-35(43)39-27-12-10-26(37)11-13-27/h4-20H,21-22H2,1-3H3,(H,39,43)(H,40,44)/b38-20+. The Morgan fingerprint density at radius 3 is 2.35 bits per heavy atom. The second-order valence-corrected chi connectivity index (χ2v) is 11.3. The maximum Gasteiger partial charge on any atom is 0.307 e. The number of carbonyl (C=O) groups is 2. The molecular weight excluding hydrogens is 602 g/mol. The lowest BCUT2D eigenvalue weighted by molar-refractivity contribution is -0.116. The fourth-order valence-electron chi connectivity index (χ4n) is 5.41. The minimum absolute atomic E-state index is 0.100. The van der Waals surface area contributed by atoms with Gasteiger partial charge in [-0.1, -0.05) is 29.8 Å². The van der Waals surface area contributed by atoms with Crippen LogP contribution in [-0.2, 0) is 17.9 Å². The second kappa shape index (κ2) is 13.2. The SMILES string of the molecule is Cc1ccc(C)n1-c1ccc(OCc2ccc(C(=O)N/N=C/c3c(C)n(CC(=O)Nc4ccc(Cl)cc4)c4ccccc34)o2)cc1. The Morgan fingerprint density at radius 2 is 1.61 bits per heavy atom. The highest BCUT2D eigenvalue weighted by Crippen LogP contribution is 2.25. The van der Waals surface area contributed by atoms with Gasteiger partial charge in [0.15, 0.2) is 5.76 Å². The molecule has 46 heavy (non-hydrogen) atoms. The van der Waals surface area contributed by atoms with Gasteiger partial charge >= 0.3 is 5.91 Å². The number of aromatic nitrogens is 2. The number of para-hydroxylation sites is 1. The van der Waals surface area contributed by atoms with Gasteiger partial charge in [-0.3, -0.25) is 9.59 Å². The molecule has 2 amide bonds. The van der Waals surface area contributed by atoms with Crippen molar-refractivity contribution in [2.24, 2.45) is 5.10 Å². The summed E-state index contributed by atoms with van der Waals surface area (Å²) in [7, 11) is 0. The van der Waals surface area contributed by atoms with Crippen LogP contribution in [0.3, 0.4) is 0 Å². The molecule has 0 aliphatic rings. The summed E-state index contributed by atoms with van der Waals surface area (Å²) in [5.74, 6) is 0.636. The molecule has 10 heteroatoms. The van der Waals surface area contributed by atoms with E-state index in [1.807, 2.05) is 60.0 Å². The molecule has 0 radical (unpaired) electrons. The third-order valence-corrected chi connectivity index (χ3v) is 7.95. The van der Waals surface area contributed by atoms with Crippen LogP contribution in [-0.4, -0.2) is 27.2 Å². The number of furan rings is 1.